The number of rotatable bonds is 6. The molecule has 0 fully saturated rings. The van der Waals surface area contributed by atoms with E-state index in [1.165, 1.54) is 13.0 Å². The molecule has 116 valence electrons. The van der Waals surface area contributed by atoms with Gasteiger partial charge < -0.3 is 20.8 Å². The van der Waals surface area contributed by atoms with E-state index < -0.39 is 35.7 Å². The van der Waals surface area contributed by atoms with Gasteiger partial charge in [0.05, 0.1) is 12.0 Å². The van der Waals surface area contributed by atoms with Crippen LogP contribution in [0.15, 0.2) is 18.2 Å². The number of hydrogen-bond acceptors (Lipinski definition) is 3. The van der Waals surface area contributed by atoms with Crippen molar-refractivity contribution in [1.82, 2.24) is 10.6 Å². The smallest absolute Gasteiger partial charge is 0.315 e. The Labute approximate surface area is 119 Å². The average Bonchev–Trinajstić information content (AvgIpc) is 2.34. The van der Waals surface area contributed by atoms with Gasteiger partial charge in [-0.05, 0) is 13.0 Å². The molecule has 6 nitrogen and oxygen atoms in total. The number of benzene rings is 1. The van der Waals surface area contributed by atoms with Gasteiger partial charge in [-0.2, -0.15) is 0 Å². The number of carbonyl (C=O) groups excluding carboxylic acids is 1. The van der Waals surface area contributed by atoms with Crippen LogP contribution >= 0.6 is 0 Å². The van der Waals surface area contributed by atoms with Crippen LogP contribution in [-0.2, 0) is 11.3 Å². The lowest BCUT2D eigenvalue weighted by Gasteiger charge is -2.21. The van der Waals surface area contributed by atoms with Crippen molar-refractivity contribution < 1.29 is 28.6 Å². The zero-order valence-electron chi connectivity index (χ0n) is 11.3. The minimum atomic E-state index is -1.59. The van der Waals surface area contributed by atoms with E-state index in [0.29, 0.717) is 6.07 Å². The molecular formula is C13H16F2N2O4. The van der Waals surface area contributed by atoms with Crippen LogP contribution in [0.3, 0.4) is 0 Å². The van der Waals surface area contributed by atoms with E-state index in [-0.39, 0.29) is 18.7 Å². The molecule has 0 bridgehead atoms. The summed E-state index contributed by atoms with van der Waals surface area (Å²) in [5.74, 6) is -2.70. The number of hydrogen-bond donors (Lipinski definition) is 4. The SMILES string of the molecule is CC(O)(CNC(=O)NCc1ccc(F)cc1F)CC(=O)O. The van der Waals surface area contributed by atoms with Gasteiger partial charge in [0.1, 0.15) is 11.6 Å². The molecule has 1 aromatic carbocycles. The van der Waals surface area contributed by atoms with E-state index in [1.807, 2.05) is 0 Å². The summed E-state index contributed by atoms with van der Waals surface area (Å²) in [4.78, 5) is 21.9. The standard InChI is InChI=1S/C13H16F2N2O4/c1-13(21,5-11(18)19)7-17-12(20)16-6-8-2-3-9(14)4-10(8)15/h2-4,21H,5-7H2,1H3,(H,18,19)(H2,16,17,20). The molecule has 8 heteroatoms. The maximum Gasteiger partial charge on any atom is 0.315 e. The van der Waals surface area contributed by atoms with Gasteiger partial charge in [-0.15, -0.1) is 0 Å². The van der Waals surface area contributed by atoms with Gasteiger partial charge in [0.15, 0.2) is 0 Å². The Hall–Kier alpha value is -2.22. The van der Waals surface area contributed by atoms with Crippen LogP contribution in [0.25, 0.3) is 0 Å². The summed E-state index contributed by atoms with van der Waals surface area (Å²) in [7, 11) is 0. The molecule has 0 aliphatic carbocycles. The Bertz CT molecular complexity index is 535. The number of aliphatic carboxylic acids is 1. The Balaban J connectivity index is 2.42. The number of aliphatic hydroxyl groups is 1. The van der Waals surface area contributed by atoms with Crippen LogP contribution in [-0.4, -0.2) is 34.4 Å². The second-order valence-electron chi connectivity index (χ2n) is 4.84. The maximum absolute atomic E-state index is 13.3. The lowest BCUT2D eigenvalue weighted by Crippen LogP contribution is -2.45. The van der Waals surface area contributed by atoms with E-state index in [0.717, 1.165) is 6.07 Å². The van der Waals surface area contributed by atoms with Gasteiger partial charge in [-0.25, -0.2) is 13.6 Å². The van der Waals surface area contributed by atoms with Gasteiger partial charge in [0.2, 0.25) is 0 Å². The second kappa shape index (κ2) is 6.98. The quantitative estimate of drug-likeness (QED) is 0.630. The fourth-order valence-corrected chi connectivity index (χ4v) is 1.56. The summed E-state index contributed by atoms with van der Waals surface area (Å²) >= 11 is 0. The highest BCUT2D eigenvalue weighted by atomic mass is 19.1. The summed E-state index contributed by atoms with van der Waals surface area (Å²) in [5, 5.41) is 22.8. The summed E-state index contributed by atoms with van der Waals surface area (Å²) in [6, 6.07) is 2.26. The van der Waals surface area contributed by atoms with Gasteiger partial charge in [-0.3, -0.25) is 4.79 Å². The van der Waals surface area contributed by atoms with Crippen molar-refractivity contribution in [2.45, 2.75) is 25.5 Å². The van der Waals surface area contributed by atoms with Crippen molar-refractivity contribution in [1.29, 1.82) is 0 Å². The van der Waals surface area contributed by atoms with Crippen LogP contribution in [0, 0.1) is 11.6 Å². The topological polar surface area (TPSA) is 98.7 Å². The predicted molar refractivity (Wildman–Crippen MR) is 69.5 cm³/mol. The summed E-state index contributed by atoms with van der Waals surface area (Å²) in [6.07, 6.45) is -0.528. The van der Waals surface area contributed by atoms with Gasteiger partial charge in [0.25, 0.3) is 0 Å². The zero-order valence-corrected chi connectivity index (χ0v) is 11.3. The third-order valence-corrected chi connectivity index (χ3v) is 2.62. The third kappa shape index (κ3) is 6.17. The molecular weight excluding hydrogens is 286 g/mol. The molecule has 1 rings (SSSR count). The summed E-state index contributed by atoms with van der Waals surface area (Å²) in [6.45, 7) is 0.817. The van der Waals surface area contributed by atoms with Crippen molar-refractivity contribution in [3.63, 3.8) is 0 Å². The van der Waals surface area contributed by atoms with E-state index >= 15 is 0 Å². The first-order valence-corrected chi connectivity index (χ1v) is 6.09. The first-order valence-electron chi connectivity index (χ1n) is 6.09. The Morgan fingerprint density at radius 2 is 1.95 bits per heavy atom. The number of carbonyl (C=O) groups is 2. The molecule has 1 aromatic rings. The van der Waals surface area contributed by atoms with Crippen molar-refractivity contribution in [3.8, 4) is 0 Å². The number of carboxylic acids is 1. The zero-order chi connectivity index (χ0) is 16.0. The molecule has 21 heavy (non-hydrogen) atoms. The molecule has 0 aliphatic heterocycles. The minimum absolute atomic E-state index is 0.101. The largest absolute Gasteiger partial charge is 0.481 e. The number of halogens is 2. The molecule has 0 spiro atoms. The van der Waals surface area contributed by atoms with Gasteiger partial charge in [-0.1, -0.05) is 6.07 Å². The first-order chi connectivity index (χ1) is 9.69. The molecule has 4 N–H and O–H groups in total. The first kappa shape index (κ1) is 16.8. The van der Waals surface area contributed by atoms with E-state index in [2.05, 4.69) is 10.6 Å². The second-order valence-corrected chi connectivity index (χ2v) is 4.84. The fourth-order valence-electron chi connectivity index (χ4n) is 1.56. The molecule has 1 unspecified atom stereocenters. The normalized spacial score (nSPS) is 13.3. The molecule has 0 heterocycles. The minimum Gasteiger partial charge on any atom is -0.481 e. The highest BCUT2D eigenvalue weighted by molar-refractivity contribution is 5.74. The maximum atomic E-state index is 13.3. The highest BCUT2D eigenvalue weighted by Crippen LogP contribution is 2.09. The third-order valence-electron chi connectivity index (χ3n) is 2.62. The van der Waals surface area contributed by atoms with Crippen molar-refractivity contribution >= 4 is 12.0 Å². The monoisotopic (exact) mass is 302 g/mol. The van der Waals surface area contributed by atoms with Gasteiger partial charge in [0, 0.05) is 24.7 Å². The van der Waals surface area contributed by atoms with E-state index in [9.17, 15) is 23.5 Å². The Kier molecular flexibility index (Phi) is 5.60. The molecule has 0 aromatic heterocycles. The molecule has 1 atom stereocenters. The number of nitrogens with one attached hydrogen (secondary N) is 2. The number of carboxylic acid groups (broad SMARTS) is 1. The van der Waals surface area contributed by atoms with E-state index in [1.54, 1.807) is 0 Å². The molecule has 0 saturated carbocycles. The van der Waals surface area contributed by atoms with Crippen LogP contribution < -0.4 is 10.6 Å². The van der Waals surface area contributed by atoms with Gasteiger partial charge >= 0.3 is 12.0 Å². The van der Waals surface area contributed by atoms with Crippen LogP contribution in [0.5, 0.6) is 0 Å². The molecule has 0 radical (unpaired) electrons. The van der Waals surface area contributed by atoms with Crippen molar-refractivity contribution in [3.05, 3.63) is 35.4 Å². The molecule has 0 saturated heterocycles. The van der Waals surface area contributed by atoms with Crippen LogP contribution in [0.1, 0.15) is 18.9 Å². The highest BCUT2D eigenvalue weighted by Gasteiger charge is 2.24. The van der Waals surface area contributed by atoms with E-state index in [4.69, 9.17) is 5.11 Å². The predicted octanol–water partition coefficient (Wildman–Crippen LogP) is 0.990. The number of urea groups is 1. The van der Waals surface area contributed by atoms with Crippen molar-refractivity contribution in [2.75, 3.05) is 6.54 Å². The van der Waals surface area contributed by atoms with Crippen LogP contribution in [0.2, 0.25) is 0 Å². The van der Waals surface area contributed by atoms with Crippen molar-refractivity contribution in [2.24, 2.45) is 0 Å². The molecule has 0 aliphatic rings. The Morgan fingerprint density at radius 3 is 2.52 bits per heavy atom. The summed E-state index contributed by atoms with van der Waals surface area (Å²) in [5.41, 5.74) is -1.49. The lowest BCUT2D eigenvalue weighted by atomic mass is 10.0. The van der Waals surface area contributed by atoms with Crippen LogP contribution in [0.4, 0.5) is 13.6 Å². The Morgan fingerprint density at radius 1 is 1.29 bits per heavy atom. The average molecular weight is 302 g/mol. The summed E-state index contributed by atoms with van der Waals surface area (Å²) < 4.78 is 26.0. The fraction of sp³-hybridized carbons (Fsp3) is 0.385. The molecule has 2 amide bonds. The number of amides is 2. The lowest BCUT2D eigenvalue weighted by molar-refractivity contribution is -0.141.